The summed E-state index contributed by atoms with van der Waals surface area (Å²) in [5, 5.41) is 4.20. The Labute approximate surface area is 213 Å². The number of anilines is 2. The van der Waals surface area contributed by atoms with Gasteiger partial charge >= 0.3 is 6.18 Å². The van der Waals surface area contributed by atoms with E-state index in [1.807, 2.05) is 0 Å². The van der Waals surface area contributed by atoms with E-state index < -0.39 is 23.3 Å². The van der Waals surface area contributed by atoms with Gasteiger partial charge in [0.25, 0.3) is 5.78 Å². The highest BCUT2D eigenvalue weighted by Gasteiger charge is 2.40. The number of carbonyl (C=O) groups is 1. The number of nitrogens with two attached hydrogens (primary N) is 1. The van der Waals surface area contributed by atoms with Gasteiger partial charge in [0.15, 0.2) is 0 Å². The predicted octanol–water partition coefficient (Wildman–Crippen LogP) is 5.89. The van der Waals surface area contributed by atoms with Crippen LogP contribution in [-0.2, 0) is 6.42 Å². The topological polar surface area (TPSA) is 98.2 Å². The third-order valence-corrected chi connectivity index (χ3v) is 5.52. The SMILES string of the molecule is Cl.Nc1nc(CCCNc2nc(-c3ccc(Cl)cc3Cl)cc3nccn23)ccc1C(=O)C(F)(F)F. The lowest BCUT2D eigenvalue weighted by atomic mass is 10.1. The summed E-state index contributed by atoms with van der Waals surface area (Å²) in [6.07, 6.45) is -0.601. The standard InChI is InChI=1S/C22H17Cl2F3N6O.ClH/c23-12-3-5-14(16(24)10-12)17-11-18-29-8-9-33(18)21(32-17)30-7-1-2-13-4-6-15(20(28)31-13)19(34)22(25,26)27;/h3-6,8-11H,1-2,7H2,(H2,28,31)(H,30,32);1H. The van der Waals surface area contributed by atoms with E-state index in [0.717, 1.165) is 6.07 Å². The maximum atomic E-state index is 12.6. The van der Waals surface area contributed by atoms with Gasteiger partial charge in [-0.25, -0.2) is 15.0 Å². The molecule has 184 valence electrons. The number of halogens is 6. The van der Waals surface area contributed by atoms with E-state index >= 15 is 0 Å². The number of aromatic nitrogens is 4. The van der Waals surface area contributed by atoms with E-state index in [1.54, 1.807) is 41.1 Å². The maximum Gasteiger partial charge on any atom is 0.455 e. The lowest BCUT2D eigenvalue weighted by molar-refractivity contribution is -0.0884. The van der Waals surface area contributed by atoms with Crippen LogP contribution < -0.4 is 11.1 Å². The number of rotatable bonds is 7. The van der Waals surface area contributed by atoms with Crippen LogP contribution >= 0.6 is 35.6 Å². The number of hydrogen-bond acceptors (Lipinski definition) is 6. The summed E-state index contributed by atoms with van der Waals surface area (Å²) >= 11 is 12.3. The number of alkyl halides is 3. The lowest BCUT2D eigenvalue weighted by Crippen LogP contribution is -2.24. The average molecular weight is 546 g/mol. The van der Waals surface area contributed by atoms with Gasteiger partial charge in [0.2, 0.25) is 5.95 Å². The molecule has 0 atom stereocenters. The van der Waals surface area contributed by atoms with Crippen molar-refractivity contribution in [1.82, 2.24) is 19.4 Å². The minimum absolute atomic E-state index is 0. The molecule has 3 heterocycles. The highest BCUT2D eigenvalue weighted by molar-refractivity contribution is 6.36. The molecule has 4 rings (SSSR count). The van der Waals surface area contributed by atoms with E-state index in [2.05, 4.69) is 20.3 Å². The molecule has 3 aromatic heterocycles. The number of nitrogen functional groups attached to an aromatic ring is 1. The summed E-state index contributed by atoms with van der Waals surface area (Å²) in [5.74, 6) is -1.92. The van der Waals surface area contributed by atoms with Crippen LogP contribution in [0.5, 0.6) is 0 Å². The van der Waals surface area contributed by atoms with Crippen molar-refractivity contribution in [1.29, 1.82) is 0 Å². The maximum absolute atomic E-state index is 12.6. The van der Waals surface area contributed by atoms with Crippen LogP contribution in [-0.4, -0.2) is 37.9 Å². The van der Waals surface area contributed by atoms with Crippen molar-refractivity contribution in [3.05, 3.63) is 70.1 Å². The van der Waals surface area contributed by atoms with Crippen LogP contribution in [0.1, 0.15) is 22.5 Å². The molecule has 35 heavy (non-hydrogen) atoms. The number of benzene rings is 1. The molecule has 0 bridgehead atoms. The Morgan fingerprint density at radius 1 is 1.11 bits per heavy atom. The van der Waals surface area contributed by atoms with E-state index in [4.69, 9.17) is 28.9 Å². The molecule has 4 aromatic rings. The first-order valence-electron chi connectivity index (χ1n) is 10.0. The Balaban J connectivity index is 0.00000342. The van der Waals surface area contributed by atoms with Crippen LogP contribution in [0.2, 0.25) is 10.0 Å². The van der Waals surface area contributed by atoms with Gasteiger partial charge in [0, 0.05) is 41.3 Å². The first-order valence-corrected chi connectivity index (χ1v) is 10.8. The Kier molecular flexibility index (Phi) is 8.09. The molecule has 7 nitrogen and oxygen atoms in total. The summed E-state index contributed by atoms with van der Waals surface area (Å²) in [5.41, 5.74) is 7.37. The van der Waals surface area contributed by atoms with Gasteiger partial charge in [0.05, 0.1) is 16.3 Å². The number of nitrogens with one attached hydrogen (secondary N) is 1. The first-order chi connectivity index (χ1) is 16.1. The average Bonchev–Trinajstić information content (AvgIpc) is 3.24. The Morgan fingerprint density at radius 2 is 1.89 bits per heavy atom. The molecule has 0 saturated carbocycles. The second-order valence-corrected chi connectivity index (χ2v) is 8.18. The van der Waals surface area contributed by atoms with Crippen molar-refractivity contribution in [2.75, 3.05) is 17.6 Å². The smallest absolute Gasteiger partial charge is 0.383 e. The van der Waals surface area contributed by atoms with Crippen LogP contribution in [0.15, 0.2) is 48.8 Å². The Bertz CT molecular complexity index is 1380. The zero-order valence-corrected chi connectivity index (χ0v) is 20.1. The van der Waals surface area contributed by atoms with Crippen LogP contribution in [0, 0.1) is 0 Å². The minimum Gasteiger partial charge on any atom is -0.383 e. The largest absolute Gasteiger partial charge is 0.455 e. The number of carbonyl (C=O) groups excluding carboxylic acids is 1. The number of nitrogens with zero attached hydrogens (tertiary/aromatic N) is 4. The van der Waals surface area contributed by atoms with Gasteiger partial charge < -0.3 is 11.1 Å². The number of hydrogen-bond donors (Lipinski definition) is 2. The van der Waals surface area contributed by atoms with Gasteiger partial charge in [-0.2, -0.15) is 13.2 Å². The fourth-order valence-electron chi connectivity index (χ4n) is 3.35. The molecule has 0 fully saturated rings. The number of imidazole rings is 1. The van der Waals surface area contributed by atoms with E-state index in [1.165, 1.54) is 6.07 Å². The van der Waals surface area contributed by atoms with Crippen LogP contribution in [0.4, 0.5) is 24.9 Å². The summed E-state index contributed by atoms with van der Waals surface area (Å²) < 4.78 is 39.6. The quantitative estimate of drug-likeness (QED) is 0.222. The van der Waals surface area contributed by atoms with Crippen LogP contribution in [0.25, 0.3) is 16.9 Å². The van der Waals surface area contributed by atoms with Crippen molar-refractivity contribution in [2.24, 2.45) is 0 Å². The molecule has 0 spiro atoms. The Hall–Kier alpha value is -3.08. The molecule has 13 heteroatoms. The summed E-state index contributed by atoms with van der Waals surface area (Å²) in [4.78, 5) is 24.3. The number of aryl methyl sites for hydroxylation is 1. The van der Waals surface area contributed by atoms with Crippen LogP contribution in [0.3, 0.4) is 0 Å². The van der Waals surface area contributed by atoms with E-state index in [-0.39, 0.29) is 12.4 Å². The predicted molar refractivity (Wildman–Crippen MR) is 132 cm³/mol. The molecular formula is C22H18Cl3F3N6O. The highest BCUT2D eigenvalue weighted by Crippen LogP contribution is 2.30. The number of ketones is 1. The first kappa shape index (κ1) is 26.5. The fourth-order valence-corrected chi connectivity index (χ4v) is 3.86. The fraction of sp³-hybridized carbons (Fsp3) is 0.182. The zero-order valence-electron chi connectivity index (χ0n) is 17.8. The van der Waals surface area contributed by atoms with Crippen molar-refractivity contribution in [2.45, 2.75) is 19.0 Å². The van der Waals surface area contributed by atoms with E-state index in [9.17, 15) is 18.0 Å². The number of Topliss-reactive ketones (excluding diaryl/α,β-unsaturated/α-hetero) is 1. The second kappa shape index (κ2) is 10.7. The van der Waals surface area contributed by atoms with E-state index in [0.29, 0.717) is 58.0 Å². The monoisotopic (exact) mass is 544 g/mol. The van der Waals surface area contributed by atoms with Crippen molar-refractivity contribution >= 4 is 58.8 Å². The molecule has 0 aliphatic rings. The summed E-state index contributed by atoms with van der Waals surface area (Å²) in [7, 11) is 0. The van der Waals surface area contributed by atoms with Gasteiger partial charge in [-0.1, -0.05) is 23.2 Å². The molecular weight excluding hydrogens is 528 g/mol. The van der Waals surface area contributed by atoms with Gasteiger partial charge in [-0.3, -0.25) is 9.20 Å². The number of pyridine rings is 1. The molecule has 0 unspecified atom stereocenters. The van der Waals surface area contributed by atoms with Crippen molar-refractivity contribution < 1.29 is 18.0 Å². The third-order valence-electron chi connectivity index (χ3n) is 4.97. The normalized spacial score (nSPS) is 11.3. The molecule has 0 aliphatic heterocycles. The van der Waals surface area contributed by atoms with Gasteiger partial charge in [-0.05, 0) is 43.2 Å². The lowest BCUT2D eigenvalue weighted by Gasteiger charge is -2.12. The molecule has 0 radical (unpaired) electrons. The minimum atomic E-state index is -5.00. The Morgan fingerprint density at radius 3 is 2.57 bits per heavy atom. The molecule has 0 aliphatic carbocycles. The molecule has 0 amide bonds. The molecule has 0 saturated heterocycles. The second-order valence-electron chi connectivity index (χ2n) is 7.34. The number of fused-ring (bicyclic) bond motifs is 1. The highest BCUT2D eigenvalue weighted by atomic mass is 35.5. The summed E-state index contributed by atoms with van der Waals surface area (Å²) in [6, 6.07) is 9.35. The zero-order chi connectivity index (χ0) is 24.5. The molecule has 3 N–H and O–H groups in total. The van der Waals surface area contributed by atoms with Crippen molar-refractivity contribution in [3.63, 3.8) is 0 Å². The van der Waals surface area contributed by atoms with Gasteiger partial charge in [-0.15, -0.1) is 12.4 Å². The van der Waals surface area contributed by atoms with Gasteiger partial charge in [0.1, 0.15) is 11.5 Å². The molecule has 1 aromatic carbocycles. The van der Waals surface area contributed by atoms with Crippen molar-refractivity contribution in [3.8, 4) is 11.3 Å². The summed E-state index contributed by atoms with van der Waals surface area (Å²) in [6.45, 7) is 0.475. The third kappa shape index (κ3) is 5.95.